The standard InChI is InChI=1S/C15H12F3N3O4/c1-7-3-6-11(14(19-7)21(23)24)25-8(2)15(22)20-10-5-4-9(16)12(17)13(10)18/h3-6,8H,1-2H3,(H,20,22). The molecule has 1 heterocycles. The van der Waals surface area contributed by atoms with Crippen LogP contribution in [0.15, 0.2) is 24.3 Å². The van der Waals surface area contributed by atoms with Crippen LogP contribution in [0.1, 0.15) is 12.6 Å². The van der Waals surface area contributed by atoms with Gasteiger partial charge in [0.2, 0.25) is 5.75 Å². The predicted octanol–water partition coefficient (Wildman–Crippen LogP) is 3.12. The number of carbonyl (C=O) groups is 1. The van der Waals surface area contributed by atoms with Gasteiger partial charge < -0.3 is 20.2 Å². The third kappa shape index (κ3) is 4.03. The van der Waals surface area contributed by atoms with Crippen molar-refractivity contribution in [3.8, 4) is 5.75 Å². The van der Waals surface area contributed by atoms with Gasteiger partial charge in [0, 0.05) is 6.92 Å². The van der Waals surface area contributed by atoms with Crippen LogP contribution in [0.5, 0.6) is 5.75 Å². The summed E-state index contributed by atoms with van der Waals surface area (Å²) in [6, 6.07) is 4.20. The molecule has 0 radical (unpaired) electrons. The van der Waals surface area contributed by atoms with E-state index in [1.165, 1.54) is 19.1 Å². The maximum Gasteiger partial charge on any atom is 0.406 e. The van der Waals surface area contributed by atoms with Crippen molar-refractivity contribution in [2.24, 2.45) is 0 Å². The summed E-state index contributed by atoms with van der Waals surface area (Å²) < 4.78 is 44.8. The third-order valence-electron chi connectivity index (χ3n) is 3.12. The number of halogens is 3. The molecule has 0 aliphatic rings. The summed E-state index contributed by atoms with van der Waals surface area (Å²) in [7, 11) is 0. The highest BCUT2D eigenvalue weighted by Crippen LogP contribution is 2.26. The van der Waals surface area contributed by atoms with Gasteiger partial charge in [-0.05, 0) is 41.1 Å². The number of aryl methyl sites for hydroxylation is 1. The number of hydrogen-bond donors (Lipinski definition) is 1. The summed E-state index contributed by atoms with van der Waals surface area (Å²) in [6.07, 6.45) is -1.30. The topological polar surface area (TPSA) is 94.4 Å². The highest BCUT2D eigenvalue weighted by atomic mass is 19.2. The second kappa shape index (κ2) is 7.16. The lowest BCUT2D eigenvalue weighted by molar-refractivity contribution is -0.390. The van der Waals surface area contributed by atoms with Crippen LogP contribution in [0, 0.1) is 34.5 Å². The van der Waals surface area contributed by atoms with Gasteiger partial charge in [-0.3, -0.25) is 4.79 Å². The minimum Gasteiger partial charge on any atom is -0.473 e. The van der Waals surface area contributed by atoms with Crippen LogP contribution in [-0.2, 0) is 4.79 Å². The Labute approximate surface area is 139 Å². The molecule has 0 aliphatic heterocycles. The molecule has 1 amide bonds. The van der Waals surface area contributed by atoms with Gasteiger partial charge in [0.1, 0.15) is 5.69 Å². The molecule has 1 aromatic heterocycles. The maximum absolute atomic E-state index is 13.6. The van der Waals surface area contributed by atoms with Crippen LogP contribution in [0.3, 0.4) is 0 Å². The first-order chi connectivity index (χ1) is 11.7. The van der Waals surface area contributed by atoms with E-state index in [0.717, 1.165) is 6.07 Å². The Morgan fingerprint density at radius 3 is 2.56 bits per heavy atom. The van der Waals surface area contributed by atoms with Crippen LogP contribution in [-0.4, -0.2) is 21.9 Å². The van der Waals surface area contributed by atoms with E-state index in [1.54, 1.807) is 6.92 Å². The van der Waals surface area contributed by atoms with Gasteiger partial charge in [-0.25, -0.2) is 13.2 Å². The second-order valence-electron chi connectivity index (χ2n) is 5.00. The highest BCUT2D eigenvalue weighted by Gasteiger charge is 2.24. The number of anilines is 1. The second-order valence-corrected chi connectivity index (χ2v) is 5.00. The zero-order valence-electron chi connectivity index (χ0n) is 13.0. The molecule has 1 aromatic carbocycles. The third-order valence-corrected chi connectivity index (χ3v) is 3.12. The number of benzene rings is 1. The molecule has 1 atom stereocenters. The van der Waals surface area contributed by atoms with E-state index in [1.807, 2.05) is 5.32 Å². The molecule has 1 unspecified atom stereocenters. The number of pyridine rings is 1. The molecule has 0 saturated carbocycles. The summed E-state index contributed by atoms with van der Waals surface area (Å²) in [6.45, 7) is 2.79. The zero-order valence-corrected chi connectivity index (χ0v) is 13.0. The minimum atomic E-state index is -1.73. The van der Waals surface area contributed by atoms with E-state index in [0.29, 0.717) is 11.8 Å². The molecule has 0 aliphatic carbocycles. The monoisotopic (exact) mass is 355 g/mol. The van der Waals surface area contributed by atoms with Crippen LogP contribution in [0.25, 0.3) is 0 Å². The Morgan fingerprint density at radius 1 is 1.24 bits per heavy atom. The summed E-state index contributed by atoms with van der Waals surface area (Å²) in [5.41, 5.74) is -0.212. The molecule has 2 rings (SSSR count). The number of hydrogen-bond acceptors (Lipinski definition) is 5. The van der Waals surface area contributed by atoms with Gasteiger partial charge in [-0.1, -0.05) is 0 Å². The lowest BCUT2D eigenvalue weighted by Crippen LogP contribution is -2.31. The van der Waals surface area contributed by atoms with Crippen molar-refractivity contribution in [3.05, 3.63) is 57.5 Å². The molecular weight excluding hydrogens is 343 g/mol. The Bertz CT molecular complexity index is 845. The summed E-state index contributed by atoms with van der Waals surface area (Å²) in [4.78, 5) is 25.9. The number of aromatic nitrogens is 1. The van der Waals surface area contributed by atoms with Crippen molar-refractivity contribution in [1.82, 2.24) is 4.98 Å². The molecule has 2 aromatic rings. The van der Waals surface area contributed by atoms with Crippen LogP contribution < -0.4 is 10.1 Å². The smallest absolute Gasteiger partial charge is 0.406 e. The lowest BCUT2D eigenvalue weighted by Gasteiger charge is -2.15. The van der Waals surface area contributed by atoms with Crippen molar-refractivity contribution < 1.29 is 27.6 Å². The van der Waals surface area contributed by atoms with E-state index in [9.17, 15) is 28.1 Å². The first-order valence-corrected chi connectivity index (χ1v) is 6.93. The van der Waals surface area contributed by atoms with Gasteiger partial charge in [-0.15, -0.1) is 0 Å². The minimum absolute atomic E-state index is 0.260. The molecule has 7 nitrogen and oxygen atoms in total. The average Bonchev–Trinajstić information content (AvgIpc) is 2.56. The molecule has 0 saturated heterocycles. The molecule has 0 bridgehead atoms. The van der Waals surface area contributed by atoms with E-state index in [-0.39, 0.29) is 5.75 Å². The summed E-state index contributed by atoms with van der Waals surface area (Å²) in [5, 5.41) is 13.0. The average molecular weight is 355 g/mol. The number of ether oxygens (including phenoxy) is 1. The summed E-state index contributed by atoms with van der Waals surface area (Å²) in [5.74, 6) is -6.46. The van der Waals surface area contributed by atoms with Gasteiger partial charge in [0.15, 0.2) is 23.6 Å². The number of nitro groups is 1. The zero-order chi connectivity index (χ0) is 18.7. The van der Waals surface area contributed by atoms with Crippen molar-refractivity contribution in [2.75, 3.05) is 5.32 Å². The SMILES string of the molecule is Cc1ccc(OC(C)C(=O)Nc2ccc(F)c(F)c2F)c([N+](=O)[O-])n1. The molecule has 0 spiro atoms. The van der Waals surface area contributed by atoms with Gasteiger partial charge in [0.25, 0.3) is 5.91 Å². The van der Waals surface area contributed by atoms with Crippen molar-refractivity contribution >= 4 is 17.4 Å². The van der Waals surface area contributed by atoms with Crippen molar-refractivity contribution in [2.45, 2.75) is 20.0 Å². The molecule has 25 heavy (non-hydrogen) atoms. The van der Waals surface area contributed by atoms with Gasteiger partial charge in [0.05, 0.1) is 5.69 Å². The van der Waals surface area contributed by atoms with Crippen LogP contribution >= 0.6 is 0 Å². The fourth-order valence-electron chi connectivity index (χ4n) is 1.85. The van der Waals surface area contributed by atoms with Gasteiger partial charge in [-0.2, -0.15) is 0 Å². The normalized spacial score (nSPS) is 11.7. The van der Waals surface area contributed by atoms with E-state index in [4.69, 9.17) is 4.74 Å². The molecule has 1 N–H and O–H groups in total. The largest absolute Gasteiger partial charge is 0.473 e. The van der Waals surface area contributed by atoms with E-state index >= 15 is 0 Å². The quantitative estimate of drug-likeness (QED) is 0.505. The fourth-order valence-corrected chi connectivity index (χ4v) is 1.85. The van der Waals surface area contributed by atoms with E-state index in [2.05, 4.69) is 4.98 Å². The van der Waals surface area contributed by atoms with Crippen molar-refractivity contribution in [1.29, 1.82) is 0 Å². The molecule has 0 fully saturated rings. The van der Waals surface area contributed by atoms with Crippen LogP contribution in [0.2, 0.25) is 0 Å². The number of amides is 1. The molecular formula is C15H12F3N3O4. The van der Waals surface area contributed by atoms with Crippen LogP contribution in [0.4, 0.5) is 24.7 Å². The Hall–Kier alpha value is -3.17. The first-order valence-electron chi connectivity index (χ1n) is 6.93. The molecule has 10 heteroatoms. The van der Waals surface area contributed by atoms with Gasteiger partial charge >= 0.3 is 5.82 Å². The lowest BCUT2D eigenvalue weighted by atomic mass is 10.2. The first kappa shape index (κ1) is 18.2. The van der Waals surface area contributed by atoms with Crippen molar-refractivity contribution in [3.63, 3.8) is 0 Å². The highest BCUT2D eigenvalue weighted by molar-refractivity contribution is 5.94. The number of carbonyl (C=O) groups excluding carboxylic acids is 1. The molecule has 132 valence electrons. The Kier molecular flexibility index (Phi) is 5.20. The summed E-state index contributed by atoms with van der Waals surface area (Å²) >= 11 is 0. The number of nitrogens with one attached hydrogen (secondary N) is 1. The maximum atomic E-state index is 13.6. The Morgan fingerprint density at radius 2 is 1.92 bits per heavy atom. The predicted molar refractivity (Wildman–Crippen MR) is 80.7 cm³/mol. The fraction of sp³-hybridized carbons (Fsp3) is 0.200. The Balaban J connectivity index is 2.17. The van der Waals surface area contributed by atoms with E-state index < -0.39 is 45.9 Å². The number of nitrogens with zero attached hydrogens (tertiary/aromatic N) is 2. The number of rotatable bonds is 5.